The zero-order chi connectivity index (χ0) is 62.1. The van der Waals surface area contributed by atoms with Crippen LogP contribution in [0.15, 0.2) is 70.8 Å². The molecule has 42 nitrogen and oxygen atoms in total. The van der Waals surface area contributed by atoms with E-state index in [1.54, 1.807) is 37.4 Å². The van der Waals surface area contributed by atoms with Gasteiger partial charge in [0.25, 0.3) is 11.1 Å². The quantitative estimate of drug-likeness (QED) is 0.0290. The first-order valence-corrected chi connectivity index (χ1v) is 31.7. The van der Waals surface area contributed by atoms with Crippen LogP contribution in [0.1, 0.15) is 33.2 Å². The van der Waals surface area contributed by atoms with Gasteiger partial charge in [0.15, 0.2) is 47.0 Å². The van der Waals surface area contributed by atoms with Gasteiger partial charge in [-0.3, -0.25) is 37.7 Å². The van der Waals surface area contributed by atoms with Gasteiger partial charge in [0.2, 0.25) is 11.9 Å². The number of esters is 2. The van der Waals surface area contributed by atoms with E-state index in [-0.39, 0.29) is 45.4 Å². The molecular formula is C36H46N12O30P6. The summed E-state index contributed by atoms with van der Waals surface area (Å²) >= 11 is 0. The van der Waals surface area contributed by atoms with Crippen LogP contribution >= 0.6 is 46.9 Å². The summed E-state index contributed by atoms with van der Waals surface area (Å²) in [5.41, 5.74) is 9.86. The molecule has 8 rings (SSSR count). The van der Waals surface area contributed by atoms with Crippen LogP contribution in [0.2, 0.25) is 0 Å². The number of imidazole rings is 2. The second-order valence-corrected chi connectivity index (χ2v) is 25.6. The van der Waals surface area contributed by atoms with Crippen LogP contribution in [0.5, 0.6) is 0 Å². The molecule has 48 heteroatoms. The van der Waals surface area contributed by atoms with Crippen LogP contribution < -0.4 is 33.2 Å². The van der Waals surface area contributed by atoms with E-state index in [1.165, 1.54) is 25.2 Å². The molecule has 2 fully saturated rings. The number of hydrogen-bond acceptors (Lipinski definition) is 30. The van der Waals surface area contributed by atoms with Crippen LogP contribution in [0.25, 0.3) is 22.3 Å². The number of ether oxygens (including phenoxy) is 4. The molecule has 6 aromatic rings. The molecule has 2 aliphatic heterocycles. The molecule has 0 radical (unpaired) electrons. The van der Waals surface area contributed by atoms with Crippen molar-refractivity contribution in [3.8, 4) is 0 Å². The standard InChI is InChI=1S/2C18H23N6O15P3/c1-20-9-5-3-2-4-8(9)17(27)37-13-10(6-35-41(31,32)39-42(33,34)38-40(28,29)30)36-16(12(13)25)24-7-21-11-14(24)22-18(19)23-15(11)26;1-20-9-5-3-2-4-8(9)17(27)37-13-12(25)10(6-35-41(31,32)39-42(33,34)38-40(28,29)30)36-16(13)24-7-21-11-14(24)22-18(19)23-15(11)26/h2*2-5,7,10,12-13,16,20,25H,6H2,1H3,(H,31,32)(H,33,34)(H2,28,29,30)(H3,19,22,23,26). The minimum atomic E-state index is -5.83. The molecular weight excluding hydrogens is 1270 g/mol. The lowest BCUT2D eigenvalue weighted by Crippen LogP contribution is -2.38. The summed E-state index contributed by atoms with van der Waals surface area (Å²) in [4.78, 5) is 144. The smallest absolute Gasteiger partial charge is 0.453 e. The Morgan fingerprint density at radius 1 is 0.583 bits per heavy atom. The molecule has 2 aromatic carbocycles. The van der Waals surface area contributed by atoms with Gasteiger partial charge < -0.3 is 90.4 Å². The highest BCUT2D eigenvalue weighted by Gasteiger charge is 2.52. The predicted octanol–water partition coefficient (Wildman–Crippen LogP) is -0.859. The molecule has 0 aliphatic carbocycles. The van der Waals surface area contributed by atoms with Crippen LogP contribution in [0.4, 0.5) is 23.3 Å². The van der Waals surface area contributed by atoms with Crippen molar-refractivity contribution in [3.05, 3.63) is 93.0 Å². The lowest BCUT2D eigenvalue weighted by molar-refractivity contribution is -0.0557. The fourth-order valence-corrected chi connectivity index (χ4v) is 13.8. The second-order valence-electron chi connectivity index (χ2n) is 16.8. The largest absolute Gasteiger partial charge is 0.490 e. The Morgan fingerprint density at radius 2 is 0.976 bits per heavy atom. The minimum absolute atomic E-state index is 0.0244. The third-order valence-electron chi connectivity index (χ3n) is 11.0. The van der Waals surface area contributed by atoms with E-state index in [4.69, 9.17) is 50.0 Å². The number of phosphoric acid groups is 6. The number of carbonyl (C=O) groups excluding carboxylic acids is 2. The van der Waals surface area contributed by atoms with Crippen LogP contribution in [-0.4, -0.2) is 164 Å². The van der Waals surface area contributed by atoms with Crippen molar-refractivity contribution in [1.29, 1.82) is 0 Å². The SMILES string of the molecule is CNc1ccccc1C(=O)OC1C(COP(=O)(O)OP(=O)(O)OP(=O)(O)O)OC(n2cnc3c(=O)[nH]c(N)nc32)C1O.CNc1ccccc1C(=O)OC1C(O)C(COP(=O)(O)OP(=O)(O)OP(=O)(O)O)OC1n1cnc2c(=O)[nH]c(N)nc21. The topological polar surface area (TPSA) is 634 Å². The zero-order valence-electron chi connectivity index (χ0n) is 42.0. The lowest BCUT2D eigenvalue weighted by Gasteiger charge is -2.22. The third-order valence-corrected chi connectivity index (χ3v) is 18.6. The summed E-state index contributed by atoms with van der Waals surface area (Å²) in [6, 6.07) is 12.3. The normalized spacial score (nSPS) is 23.8. The number of H-pyrrole nitrogens is 2. The number of aliphatic hydroxyl groups excluding tert-OH is 2. The Kier molecular flexibility index (Phi) is 19.9. The fourth-order valence-electron chi connectivity index (χ4n) is 7.77. The molecule has 18 N–H and O–H groups in total. The number of aromatic amines is 2. The minimum Gasteiger partial charge on any atom is -0.453 e. The number of fused-ring (bicyclic) bond motifs is 2. The Hall–Kier alpha value is -6.06. The van der Waals surface area contributed by atoms with Gasteiger partial charge in [-0.1, -0.05) is 24.3 Å². The van der Waals surface area contributed by atoms with Crippen molar-refractivity contribution in [1.82, 2.24) is 39.0 Å². The van der Waals surface area contributed by atoms with Crippen molar-refractivity contribution in [3.63, 3.8) is 0 Å². The van der Waals surface area contributed by atoms with Gasteiger partial charge in [0.05, 0.1) is 37.0 Å². The molecule has 2 aliphatic rings. The fraction of sp³-hybridized carbons (Fsp3) is 0.333. The molecule has 0 saturated carbocycles. The number of phosphoric ester groups is 2. The number of aliphatic hydroxyl groups is 2. The van der Waals surface area contributed by atoms with Crippen molar-refractivity contribution in [2.24, 2.45) is 0 Å². The van der Waals surface area contributed by atoms with Gasteiger partial charge in [0.1, 0.15) is 24.4 Å². The summed E-state index contributed by atoms with van der Waals surface area (Å²) in [7, 11) is -31.1. The summed E-state index contributed by atoms with van der Waals surface area (Å²) in [5.74, 6) is -2.54. The van der Waals surface area contributed by atoms with Crippen LogP contribution in [0.3, 0.4) is 0 Å². The maximum absolute atomic E-state index is 13.1. The molecule has 84 heavy (non-hydrogen) atoms. The van der Waals surface area contributed by atoms with Gasteiger partial charge in [0, 0.05) is 25.5 Å². The molecule has 6 heterocycles. The van der Waals surface area contributed by atoms with E-state index in [0.29, 0.717) is 11.4 Å². The molecule has 0 spiro atoms. The number of nitrogens with zero attached hydrogens (tertiary/aromatic N) is 6. The number of nitrogens with two attached hydrogens (primary N) is 2. The maximum atomic E-state index is 13.1. The average Bonchev–Trinajstić information content (AvgIpc) is 2.27. The summed E-state index contributed by atoms with van der Waals surface area (Å²) in [5, 5.41) is 27.7. The van der Waals surface area contributed by atoms with Gasteiger partial charge in [-0.2, -0.15) is 27.2 Å². The number of carbonyl (C=O) groups is 2. The van der Waals surface area contributed by atoms with Crippen molar-refractivity contribution in [2.75, 3.05) is 49.4 Å². The Balaban J connectivity index is 0.000000241. The van der Waals surface area contributed by atoms with Crippen molar-refractivity contribution < 1.29 is 132 Å². The molecule has 12 atom stereocenters. The van der Waals surface area contributed by atoms with E-state index in [0.717, 1.165) is 21.8 Å². The van der Waals surface area contributed by atoms with Crippen molar-refractivity contribution in [2.45, 2.75) is 49.1 Å². The summed E-state index contributed by atoms with van der Waals surface area (Å²) in [6.45, 7) is -2.16. The van der Waals surface area contributed by atoms with Gasteiger partial charge in [-0.25, -0.2) is 46.9 Å². The number of hydrogen-bond donors (Lipinski definition) is 16. The Morgan fingerprint density at radius 3 is 1.40 bits per heavy atom. The first-order valence-electron chi connectivity index (χ1n) is 22.6. The van der Waals surface area contributed by atoms with Crippen LogP contribution in [-0.2, 0) is 72.6 Å². The monoisotopic (exact) mass is 1310 g/mol. The highest BCUT2D eigenvalue weighted by Crippen LogP contribution is 2.67. The molecule has 2 saturated heterocycles. The highest BCUT2D eigenvalue weighted by atomic mass is 31.3. The van der Waals surface area contributed by atoms with E-state index < -0.39 is 132 Å². The lowest BCUT2D eigenvalue weighted by atomic mass is 10.1. The molecule has 4 aromatic heterocycles. The maximum Gasteiger partial charge on any atom is 0.490 e. The van der Waals surface area contributed by atoms with Gasteiger partial charge >= 0.3 is 58.9 Å². The van der Waals surface area contributed by atoms with E-state index >= 15 is 0 Å². The third kappa shape index (κ3) is 16.3. The number of nitrogens with one attached hydrogen (secondary N) is 4. The first-order chi connectivity index (χ1) is 39.0. The van der Waals surface area contributed by atoms with Gasteiger partial charge in [-0.05, 0) is 24.3 Å². The number of aromatic nitrogens is 8. The van der Waals surface area contributed by atoms with Gasteiger partial charge in [-0.15, -0.1) is 0 Å². The molecule has 12 unspecified atom stereocenters. The second kappa shape index (κ2) is 25.5. The average molecular weight is 1310 g/mol. The predicted molar refractivity (Wildman–Crippen MR) is 275 cm³/mol. The number of benzene rings is 2. The number of anilines is 4. The zero-order valence-corrected chi connectivity index (χ0v) is 47.3. The number of nitrogen functional groups attached to an aromatic ring is 2. The summed E-state index contributed by atoms with van der Waals surface area (Å²) in [6.07, 6.45) is -11.0. The summed E-state index contributed by atoms with van der Waals surface area (Å²) < 4.78 is 118. The molecule has 0 bridgehead atoms. The first kappa shape index (κ1) is 65.5. The van der Waals surface area contributed by atoms with Crippen molar-refractivity contribution >= 4 is 104 Å². The highest BCUT2D eigenvalue weighted by molar-refractivity contribution is 7.67. The molecule has 460 valence electrons. The van der Waals surface area contributed by atoms with E-state index in [9.17, 15) is 76.4 Å². The number of para-hydroxylation sites is 2. The van der Waals surface area contributed by atoms with Crippen LogP contribution in [0, 0.1) is 0 Å². The Labute approximate surface area is 465 Å². The number of rotatable bonds is 22. The molecule has 0 amide bonds. The Bertz CT molecular complexity index is 3870. The van der Waals surface area contributed by atoms with E-state index in [2.05, 4.69) is 66.8 Å². The van der Waals surface area contributed by atoms with E-state index in [1.807, 2.05) is 0 Å².